The van der Waals surface area contributed by atoms with E-state index in [1.54, 1.807) is 18.7 Å². The van der Waals surface area contributed by atoms with E-state index < -0.39 is 29.8 Å². The number of halogens is 6. The first-order chi connectivity index (χ1) is 17.3. The number of fused-ring (bicyclic) bond motifs is 1. The van der Waals surface area contributed by atoms with Crippen molar-refractivity contribution < 1.29 is 35.9 Å². The van der Waals surface area contributed by atoms with Crippen molar-refractivity contribution in [2.45, 2.75) is 69.3 Å². The van der Waals surface area contributed by atoms with E-state index in [1.807, 2.05) is 12.1 Å². The van der Waals surface area contributed by atoms with Crippen molar-refractivity contribution in [3.05, 3.63) is 75.7 Å². The second kappa shape index (κ2) is 10.5. The summed E-state index contributed by atoms with van der Waals surface area (Å²) in [6.07, 6.45) is -8.06. The number of benzene rings is 2. The zero-order valence-electron chi connectivity index (χ0n) is 20.3. The Labute approximate surface area is 215 Å². The summed E-state index contributed by atoms with van der Waals surface area (Å²) in [7, 11) is 0. The van der Waals surface area contributed by atoms with Crippen LogP contribution in [0.4, 0.5) is 26.3 Å². The van der Waals surface area contributed by atoms with E-state index in [1.165, 1.54) is 11.6 Å². The number of nitrogens with zero attached hydrogens (tertiary/aromatic N) is 1. The summed E-state index contributed by atoms with van der Waals surface area (Å²) < 4.78 is 84.5. The third-order valence-corrected chi connectivity index (χ3v) is 7.28. The smallest absolute Gasteiger partial charge is 0.425 e. The van der Waals surface area contributed by atoms with Gasteiger partial charge in [0.05, 0.1) is 11.3 Å². The fourth-order valence-electron chi connectivity index (χ4n) is 4.12. The monoisotopic (exact) mass is 541 g/mol. The highest BCUT2D eigenvalue weighted by molar-refractivity contribution is 8.02. The van der Waals surface area contributed by atoms with E-state index in [0.717, 1.165) is 29.0 Å². The molecule has 2 aliphatic heterocycles. The molecule has 2 heterocycles. The molecule has 0 N–H and O–H groups in total. The fourth-order valence-corrected chi connectivity index (χ4v) is 5.08. The van der Waals surface area contributed by atoms with Gasteiger partial charge in [0.15, 0.2) is 11.9 Å². The summed E-state index contributed by atoms with van der Waals surface area (Å²) in [5.74, 6) is -0.383. The zero-order valence-corrected chi connectivity index (χ0v) is 21.2. The molecule has 0 aromatic heterocycles. The molecule has 0 spiro atoms. The third kappa shape index (κ3) is 6.17. The van der Waals surface area contributed by atoms with Gasteiger partial charge in [0.25, 0.3) is 0 Å². The molecule has 37 heavy (non-hydrogen) atoms. The number of hydrogen-bond acceptors (Lipinski definition) is 4. The van der Waals surface area contributed by atoms with Gasteiger partial charge >= 0.3 is 12.4 Å². The fraction of sp³-hybridized carbons (Fsp3) is 0.370. The molecule has 0 fully saturated rings. The summed E-state index contributed by atoms with van der Waals surface area (Å²) in [4.78, 5) is 6.78. The molecule has 0 bridgehead atoms. The van der Waals surface area contributed by atoms with Crippen molar-refractivity contribution in [1.82, 2.24) is 0 Å². The summed E-state index contributed by atoms with van der Waals surface area (Å²) >= 11 is 1.63. The average molecular weight is 542 g/mol. The maximum absolute atomic E-state index is 13.7. The molecule has 4 rings (SSSR count). The zero-order chi connectivity index (χ0) is 27.0. The summed E-state index contributed by atoms with van der Waals surface area (Å²) in [6, 6.07) is 8.96. The molecule has 198 valence electrons. The first kappa shape index (κ1) is 27.2. The minimum Gasteiger partial charge on any atom is -0.481 e. The van der Waals surface area contributed by atoms with Crippen LogP contribution in [0.2, 0.25) is 0 Å². The van der Waals surface area contributed by atoms with Crippen molar-refractivity contribution in [3.8, 4) is 5.75 Å². The molecule has 0 saturated heterocycles. The average Bonchev–Trinajstić information content (AvgIpc) is 3.13. The molecule has 3 nitrogen and oxygen atoms in total. The van der Waals surface area contributed by atoms with E-state index in [4.69, 9.17) is 4.84 Å². The molecular weight excluding hydrogens is 516 g/mol. The Morgan fingerprint density at radius 1 is 1.03 bits per heavy atom. The topological polar surface area (TPSA) is 30.8 Å². The first-order valence-corrected chi connectivity index (χ1v) is 12.6. The number of rotatable bonds is 4. The van der Waals surface area contributed by atoms with Crippen LogP contribution in [0.25, 0.3) is 5.76 Å². The Hall–Kier alpha value is -2.88. The van der Waals surface area contributed by atoms with Gasteiger partial charge in [0, 0.05) is 16.0 Å². The van der Waals surface area contributed by atoms with Crippen LogP contribution < -0.4 is 4.74 Å². The molecule has 2 aliphatic rings. The Morgan fingerprint density at radius 2 is 1.76 bits per heavy atom. The van der Waals surface area contributed by atoms with Crippen molar-refractivity contribution in [3.63, 3.8) is 0 Å². The molecule has 0 radical (unpaired) electrons. The number of allylic oxidation sites excluding steroid dienone is 2. The van der Waals surface area contributed by atoms with Crippen LogP contribution in [-0.4, -0.2) is 18.0 Å². The van der Waals surface area contributed by atoms with Crippen molar-refractivity contribution in [2.75, 3.05) is 0 Å². The van der Waals surface area contributed by atoms with Crippen LogP contribution >= 0.6 is 11.8 Å². The predicted octanol–water partition coefficient (Wildman–Crippen LogP) is 9.09. The van der Waals surface area contributed by atoms with Gasteiger partial charge in [-0.25, -0.2) is 0 Å². The summed E-state index contributed by atoms with van der Waals surface area (Å²) in [5.41, 5.74) is 2.18. The van der Waals surface area contributed by atoms with Gasteiger partial charge in [-0.15, -0.1) is 0 Å². The lowest BCUT2D eigenvalue weighted by molar-refractivity contribution is -0.191. The Balaban J connectivity index is 1.63. The van der Waals surface area contributed by atoms with Crippen LogP contribution in [0.15, 0.2) is 63.5 Å². The summed E-state index contributed by atoms with van der Waals surface area (Å²) in [5, 5.41) is 6.32. The molecule has 0 aliphatic carbocycles. The number of ether oxygens (including phenoxy) is 1. The van der Waals surface area contributed by atoms with Crippen LogP contribution in [0.3, 0.4) is 0 Å². The van der Waals surface area contributed by atoms with Crippen molar-refractivity contribution in [1.29, 1.82) is 0 Å². The molecule has 2 atom stereocenters. The second-order valence-electron chi connectivity index (χ2n) is 9.13. The van der Waals surface area contributed by atoms with Crippen molar-refractivity contribution in [2.24, 2.45) is 5.16 Å². The third-order valence-electron chi connectivity index (χ3n) is 6.34. The number of oxime groups is 1. The van der Waals surface area contributed by atoms with Gasteiger partial charge in [-0.1, -0.05) is 42.1 Å². The molecule has 0 saturated carbocycles. The minimum absolute atomic E-state index is 0.0540. The van der Waals surface area contributed by atoms with Gasteiger partial charge in [-0.05, 0) is 79.8 Å². The molecule has 2 aromatic rings. The lowest BCUT2D eigenvalue weighted by Crippen LogP contribution is -2.31. The molecular formula is C27H25F6NO2S. The minimum atomic E-state index is -4.94. The maximum atomic E-state index is 13.7. The van der Waals surface area contributed by atoms with E-state index >= 15 is 0 Å². The number of hydrogen-bond donors (Lipinski definition) is 0. The predicted molar refractivity (Wildman–Crippen MR) is 132 cm³/mol. The number of thioether (sulfide) groups is 1. The van der Waals surface area contributed by atoms with E-state index in [9.17, 15) is 26.3 Å². The lowest BCUT2D eigenvalue weighted by atomic mass is 9.94. The Bertz CT molecular complexity index is 1260. The highest BCUT2D eigenvalue weighted by Gasteiger charge is 2.41. The van der Waals surface area contributed by atoms with Gasteiger partial charge in [0.2, 0.25) is 0 Å². The SMILES string of the molecule is CC1=C(c2ccc(OC(C)C(F)(F)F)c(C(F)(F)F)c2)ON=C(c2ccc3c(c2)SC=CC[C@@H]3C)CC1. The Morgan fingerprint density at radius 3 is 2.46 bits per heavy atom. The molecule has 1 unspecified atom stereocenters. The molecule has 10 heteroatoms. The van der Waals surface area contributed by atoms with E-state index in [2.05, 4.69) is 34.4 Å². The van der Waals surface area contributed by atoms with E-state index in [0.29, 0.717) is 37.0 Å². The van der Waals surface area contributed by atoms with E-state index in [-0.39, 0.29) is 11.3 Å². The van der Waals surface area contributed by atoms with Gasteiger partial charge in [-0.2, -0.15) is 26.3 Å². The Kier molecular flexibility index (Phi) is 7.69. The van der Waals surface area contributed by atoms with Crippen LogP contribution in [-0.2, 0) is 11.0 Å². The summed E-state index contributed by atoms with van der Waals surface area (Å²) in [6.45, 7) is 4.55. The van der Waals surface area contributed by atoms with Gasteiger partial charge in [-0.3, -0.25) is 0 Å². The maximum Gasteiger partial charge on any atom is 0.425 e. The van der Waals surface area contributed by atoms with Crippen LogP contribution in [0, 0.1) is 0 Å². The van der Waals surface area contributed by atoms with Crippen LogP contribution in [0.1, 0.15) is 68.2 Å². The lowest BCUT2D eigenvalue weighted by Gasteiger charge is -2.21. The largest absolute Gasteiger partial charge is 0.481 e. The highest BCUT2D eigenvalue weighted by atomic mass is 32.2. The molecule has 0 amide bonds. The second-order valence-corrected chi connectivity index (χ2v) is 10.1. The number of alkyl halides is 6. The first-order valence-electron chi connectivity index (χ1n) is 11.7. The molecule has 2 aromatic carbocycles. The van der Waals surface area contributed by atoms with Gasteiger partial charge in [0.1, 0.15) is 5.75 Å². The van der Waals surface area contributed by atoms with Crippen molar-refractivity contribution >= 4 is 23.2 Å². The quantitative estimate of drug-likeness (QED) is 0.362. The standard InChI is InChI=1S/C27H25F6NO2S/c1-15-5-4-12-37-24-14-18(7-9-20(15)24)22-10-6-16(2)25(36-34-22)19-8-11-23(21(13-19)27(31,32)33)35-17(3)26(28,29)30/h4,7-9,11-15,17H,5-6,10H2,1-3H3/t15-,17?/m0/s1. The normalized spacial score (nSPS) is 19.4. The van der Waals surface area contributed by atoms with Gasteiger partial charge < -0.3 is 9.57 Å². The van der Waals surface area contributed by atoms with Crippen LogP contribution in [0.5, 0.6) is 5.75 Å². The highest BCUT2D eigenvalue weighted by Crippen LogP contribution is 2.41.